The molecular weight excluding hydrogens is 338 g/mol. The zero-order chi connectivity index (χ0) is 15.6. The maximum absolute atomic E-state index is 12.0. The number of amides is 4. The molecule has 21 heavy (non-hydrogen) atoms. The van der Waals surface area contributed by atoms with Crippen molar-refractivity contribution in [3.63, 3.8) is 0 Å². The zero-order valence-electron chi connectivity index (χ0n) is 11.8. The Morgan fingerprint density at radius 3 is 2.62 bits per heavy atom. The number of imide groups is 1. The number of carbonyl (C=O) groups excluding carboxylic acids is 3. The monoisotopic (exact) mass is 353 g/mol. The molecule has 1 aromatic rings. The summed E-state index contributed by atoms with van der Waals surface area (Å²) >= 11 is 3.43. The smallest absolute Gasteiger partial charge is 0.327 e. The summed E-state index contributed by atoms with van der Waals surface area (Å²) < 4.78 is 0.894. The topological polar surface area (TPSA) is 69.7 Å². The molecule has 0 bridgehead atoms. The van der Waals surface area contributed by atoms with Crippen molar-refractivity contribution in [1.29, 1.82) is 0 Å². The maximum atomic E-state index is 12.0. The van der Waals surface area contributed by atoms with Crippen molar-refractivity contribution >= 4 is 33.8 Å². The largest absolute Gasteiger partial charge is 0.348 e. The van der Waals surface area contributed by atoms with Gasteiger partial charge in [-0.25, -0.2) is 4.79 Å². The minimum absolute atomic E-state index is 0.0197. The van der Waals surface area contributed by atoms with Crippen molar-refractivity contribution in [3.8, 4) is 0 Å². The van der Waals surface area contributed by atoms with Gasteiger partial charge in [-0.1, -0.05) is 34.1 Å². The second-order valence-corrected chi connectivity index (χ2v) is 5.78. The minimum Gasteiger partial charge on any atom is -0.348 e. The minimum atomic E-state index is -0.441. The van der Waals surface area contributed by atoms with Crippen LogP contribution in [0.4, 0.5) is 4.79 Å². The van der Waals surface area contributed by atoms with E-state index in [0.29, 0.717) is 0 Å². The second kappa shape index (κ2) is 6.26. The predicted octanol–water partition coefficient (Wildman–Crippen LogP) is 1.52. The van der Waals surface area contributed by atoms with Crippen molar-refractivity contribution in [2.75, 3.05) is 20.1 Å². The Balaban J connectivity index is 1.98. The van der Waals surface area contributed by atoms with Gasteiger partial charge in [-0.3, -0.25) is 14.5 Å². The number of hydrogen-bond donors (Lipinski definition) is 1. The molecule has 0 spiro atoms. The van der Waals surface area contributed by atoms with Gasteiger partial charge in [0.1, 0.15) is 13.1 Å². The lowest BCUT2D eigenvalue weighted by atomic mass is 10.1. The fraction of sp³-hybridized carbons (Fsp3) is 0.357. The highest BCUT2D eigenvalue weighted by atomic mass is 79.9. The SMILES string of the molecule is CC(NC(=O)CN1C(=O)CN(C)C1=O)c1ccccc1Br. The number of rotatable bonds is 4. The van der Waals surface area contributed by atoms with Gasteiger partial charge in [0.25, 0.3) is 5.91 Å². The van der Waals surface area contributed by atoms with Crippen LogP contribution in [0.1, 0.15) is 18.5 Å². The number of nitrogens with zero attached hydrogens (tertiary/aromatic N) is 2. The van der Waals surface area contributed by atoms with Gasteiger partial charge in [-0.05, 0) is 18.6 Å². The highest BCUT2D eigenvalue weighted by molar-refractivity contribution is 9.10. The summed E-state index contributed by atoms with van der Waals surface area (Å²) in [5.74, 6) is -0.721. The molecule has 1 atom stereocenters. The molecule has 0 aromatic heterocycles. The number of benzene rings is 1. The summed E-state index contributed by atoms with van der Waals surface area (Å²) in [5.41, 5.74) is 0.932. The average molecular weight is 354 g/mol. The standard InChI is InChI=1S/C14H16BrN3O3/c1-9(10-5-3-4-6-11(10)15)16-12(19)7-18-13(20)8-17(2)14(18)21/h3-6,9H,7-8H2,1-2H3,(H,16,19). The molecular formula is C14H16BrN3O3. The molecule has 4 amide bonds. The highest BCUT2D eigenvalue weighted by Crippen LogP contribution is 2.22. The van der Waals surface area contributed by atoms with Gasteiger partial charge in [0.05, 0.1) is 6.04 Å². The molecule has 1 heterocycles. The van der Waals surface area contributed by atoms with Gasteiger partial charge in [0, 0.05) is 11.5 Å². The summed E-state index contributed by atoms with van der Waals surface area (Å²) in [4.78, 5) is 37.6. The molecule has 1 unspecified atom stereocenters. The van der Waals surface area contributed by atoms with Crippen LogP contribution in [0.25, 0.3) is 0 Å². The Hall–Kier alpha value is -1.89. The van der Waals surface area contributed by atoms with Gasteiger partial charge in [0.15, 0.2) is 0 Å². The van der Waals surface area contributed by atoms with Gasteiger partial charge >= 0.3 is 6.03 Å². The van der Waals surface area contributed by atoms with Crippen LogP contribution in [0.3, 0.4) is 0 Å². The highest BCUT2D eigenvalue weighted by Gasteiger charge is 2.34. The summed E-state index contributed by atoms with van der Waals surface area (Å²) in [6.07, 6.45) is 0. The van der Waals surface area contributed by atoms with E-state index in [1.807, 2.05) is 31.2 Å². The van der Waals surface area contributed by atoms with E-state index in [9.17, 15) is 14.4 Å². The molecule has 1 N–H and O–H groups in total. The Kier molecular flexibility index (Phi) is 4.62. The maximum Gasteiger partial charge on any atom is 0.327 e. The van der Waals surface area contributed by atoms with Crippen LogP contribution in [-0.2, 0) is 9.59 Å². The van der Waals surface area contributed by atoms with Crippen molar-refractivity contribution in [1.82, 2.24) is 15.1 Å². The summed E-state index contributed by atoms with van der Waals surface area (Å²) in [6.45, 7) is 1.61. The van der Waals surface area contributed by atoms with Crippen molar-refractivity contribution in [2.45, 2.75) is 13.0 Å². The third-order valence-corrected chi connectivity index (χ3v) is 4.00. The van der Waals surface area contributed by atoms with E-state index in [1.54, 1.807) is 0 Å². The lowest BCUT2D eigenvalue weighted by Gasteiger charge is -2.18. The third-order valence-electron chi connectivity index (χ3n) is 3.28. The van der Waals surface area contributed by atoms with E-state index in [0.717, 1.165) is 14.9 Å². The van der Waals surface area contributed by atoms with Crippen molar-refractivity contribution in [2.24, 2.45) is 0 Å². The average Bonchev–Trinajstić information content (AvgIpc) is 2.65. The first-order valence-corrected chi connectivity index (χ1v) is 7.28. The number of hydrogen-bond acceptors (Lipinski definition) is 3. The summed E-state index contributed by atoms with van der Waals surface area (Å²) in [6, 6.07) is 6.89. The zero-order valence-corrected chi connectivity index (χ0v) is 13.4. The van der Waals surface area contributed by atoms with Crippen LogP contribution >= 0.6 is 15.9 Å². The van der Waals surface area contributed by atoms with Gasteiger partial charge < -0.3 is 10.2 Å². The van der Waals surface area contributed by atoms with Crippen LogP contribution in [0.15, 0.2) is 28.7 Å². The second-order valence-electron chi connectivity index (χ2n) is 4.93. The van der Waals surface area contributed by atoms with Crippen LogP contribution in [-0.4, -0.2) is 47.8 Å². The van der Waals surface area contributed by atoms with Crippen molar-refractivity contribution < 1.29 is 14.4 Å². The predicted molar refractivity (Wildman–Crippen MR) is 80.4 cm³/mol. The first kappa shape index (κ1) is 15.5. The van der Waals surface area contributed by atoms with Crippen molar-refractivity contribution in [3.05, 3.63) is 34.3 Å². The van der Waals surface area contributed by atoms with Gasteiger partial charge in [-0.2, -0.15) is 0 Å². The molecule has 0 saturated carbocycles. The van der Waals surface area contributed by atoms with Crippen LogP contribution < -0.4 is 5.32 Å². The number of likely N-dealkylation sites (N-methyl/N-ethyl adjacent to an activating group) is 1. The number of nitrogens with one attached hydrogen (secondary N) is 1. The Morgan fingerprint density at radius 2 is 2.05 bits per heavy atom. The summed E-state index contributed by atoms with van der Waals surface area (Å²) in [5, 5.41) is 2.79. The molecule has 1 saturated heterocycles. The Labute approximate surface area is 131 Å². The van der Waals surface area contributed by atoms with E-state index >= 15 is 0 Å². The first-order chi connectivity index (χ1) is 9.90. The molecule has 1 fully saturated rings. The first-order valence-electron chi connectivity index (χ1n) is 6.49. The van der Waals surface area contributed by atoms with E-state index in [-0.39, 0.29) is 30.9 Å². The van der Waals surface area contributed by atoms with Crippen LogP contribution in [0.5, 0.6) is 0 Å². The lowest BCUT2D eigenvalue weighted by molar-refractivity contribution is -0.131. The van der Waals surface area contributed by atoms with E-state index in [2.05, 4.69) is 21.2 Å². The molecule has 1 aromatic carbocycles. The Morgan fingerprint density at radius 1 is 1.38 bits per heavy atom. The Bertz CT molecular complexity index is 591. The normalized spacial score (nSPS) is 16.3. The van der Waals surface area contributed by atoms with Gasteiger partial charge in [-0.15, -0.1) is 0 Å². The molecule has 0 aliphatic carbocycles. The molecule has 0 radical (unpaired) electrons. The fourth-order valence-corrected chi connectivity index (χ4v) is 2.79. The number of urea groups is 1. The third kappa shape index (κ3) is 3.41. The van der Waals surface area contributed by atoms with Crippen LogP contribution in [0, 0.1) is 0 Å². The number of halogens is 1. The molecule has 2 rings (SSSR count). The lowest BCUT2D eigenvalue weighted by Crippen LogP contribution is -2.41. The molecule has 1 aliphatic rings. The molecule has 6 nitrogen and oxygen atoms in total. The fourth-order valence-electron chi connectivity index (χ4n) is 2.16. The van der Waals surface area contributed by atoms with E-state index in [4.69, 9.17) is 0 Å². The van der Waals surface area contributed by atoms with Crippen LogP contribution in [0.2, 0.25) is 0 Å². The summed E-state index contributed by atoms with van der Waals surface area (Å²) in [7, 11) is 1.53. The number of carbonyl (C=O) groups is 3. The molecule has 7 heteroatoms. The van der Waals surface area contributed by atoms with E-state index < -0.39 is 6.03 Å². The molecule has 1 aliphatic heterocycles. The molecule has 112 valence electrons. The van der Waals surface area contributed by atoms with Gasteiger partial charge in [0.2, 0.25) is 5.91 Å². The van der Waals surface area contributed by atoms with E-state index in [1.165, 1.54) is 11.9 Å². The quantitative estimate of drug-likeness (QED) is 0.834.